The van der Waals surface area contributed by atoms with Crippen molar-refractivity contribution in [1.82, 2.24) is 0 Å². The van der Waals surface area contributed by atoms with E-state index in [0.29, 0.717) is 13.2 Å². The van der Waals surface area contributed by atoms with Crippen molar-refractivity contribution >= 4 is 12.3 Å². The van der Waals surface area contributed by atoms with E-state index in [1.165, 1.54) is 25.7 Å². The summed E-state index contributed by atoms with van der Waals surface area (Å²) in [5, 5.41) is 22.1. The summed E-state index contributed by atoms with van der Waals surface area (Å²) in [4.78, 5) is 32.5. The Labute approximate surface area is 378 Å². The van der Waals surface area contributed by atoms with E-state index in [1.807, 2.05) is 12.2 Å². The van der Waals surface area contributed by atoms with E-state index >= 15 is 0 Å². The Morgan fingerprint density at radius 1 is 0.500 bits per heavy atom. The lowest BCUT2D eigenvalue weighted by molar-refractivity contribution is -0.241. The molecule has 4 saturated carbocycles. The van der Waals surface area contributed by atoms with Gasteiger partial charge in [0.1, 0.15) is 67.1 Å². The summed E-state index contributed by atoms with van der Waals surface area (Å²) in [7, 11) is 0. The third-order valence-electron chi connectivity index (χ3n) is 15.1. The zero-order chi connectivity index (χ0) is 45.2. The quantitative estimate of drug-likeness (QED) is 0.271. The Morgan fingerprint density at radius 3 is 1.31 bits per heavy atom. The minimum Gasteiger partial charge on any atom is -0.388 e. The van der Waals surface area contributed by atoms with E-state index in [1.54, 1.807) is 0 Å². The molecule has 0 radical (unpaired) electrons. The number of rotatable bonds is 7. The van der Waals surface area contributed by atoms with Crippen LogP contribution in [0.2, 0.25) is 0 Å². The normalized spacial score (nSPS) is 39.9. The number of aliphatic hydroxyl groups excluding tert-OH is 2. The molecule has 10 rings (SSSR count). The predicted molar refractivity (Wildman–Crippen MR) is 223 cm³/mol. The Morgan fingerprint density at radius 2 is 0.891 bits per heavy atom. The van der Waals surface area contributed by atoms with Crippen molar-refractivity contribution in [3.05, 3.63) is 12.2 Å². The molecule has 6 aliphatic heterocycles. The van der Waals surface area contributed by atoms with Gasteiger partial charge in [-0.15, -0.1) is 0 Å². The number of aliphatic hydroxyl groups is 2. The molecule has 16 heteroatoms. The van der Waals surface area contributed by atoms with Crippen LogP contribution >= 0.6 is 0 Å². The second kappa shape index (κ2) is 22.9. The van der Waals surface area contributed by atoms with Crippen LogP contribution in [0, 0.1) is 0 Å². The fraction of sp³-hybridized carbons (Fsp3) is 0.917. The molecule has 12 atom stereocenters. The lowest BCUT2D eigenvalue weighted by Crippen LogP contribution is -2.60. The second-order valence-corrected chi connectivity index (χ2v) is 19.5. The van der Waals surface area contributed by atoms with Gasteiger partial charge in [-0.3, -0.25) is 0 Å². The average molecular weight is 907 g/mol. The van der Waals surface area contributed by atoms with Crippen molar-refractivity contribution in [3.8, 4) is 0 Å². The molecule has 10 aliphatic rings. The number of ether oxygens (including phenoxy) is 10. The molecular weight excluding hydrogens is 833 g/mol. The van der Waals surface area contributed by atoms with Gasteiger partial charge in [0.15, 0.2) is 23.1 Å². The van der Waals surface area contributed by atoms with Crippen LogP contribution in [0.15, 0.2) is 12.2 Å². The number of unbranched alkanes of at least 4 members (excludes halogenated alkanes) is 1. The number of allylic oxidation sites excluding steroid dienone is 1. The summed E-state index contributed by atoms with van der Waals surface area (Å²) < 4.78 is 64.5. The maximum absolute atomic E-state index is 11.1. The van der Waals surface area contributed by atoms with Crippen LogP contribution in [-0.2, 0) is 66.5 Å². The van der Waals surface area contributed by atoms with Gasteiger partial charge in [0.25, 0.3) is 0 Å². The molecule has 4 spiro atoms. The molecule has 362 valence electrons. The van der Waals surface area contributed by atoms with Crippen LogP contribution in [-0.4, -0.2) is 132 Å². The van der Waals surface area contributed by atoms with Gasteiger partial charge in [-0.25, -0.2) is 0 Å². The summed E-state index contributed by atoms with van der Waals surface area (Å²) in [6, 6.07) is 0. The Hall–Kier alpha value is -1.98. The van der Waals surface area contributed by atoms with E-state index in [2.05, 4.69) is 13.8 Å². The third-order valence-corrected chi connectivity index (χ3v) is 15.1. The largest absolute Gasteiger partial charge is 0.388 e. The highest BCUT2D eigenvalue weighted by atomic mass is 16.8. The highest BCUT2D eigenvalue weighted by Crippen LogP contribution is 2.50. The lowest BCUT2D eigenvalue weighted by Gasteiger charge is -2.42. The van der Waals surface area contributed by atoms with Gasteiger partial charge in [-0.1, -0.05) is 64.5 Å². The van der Waals surface area contributed by atoms with Crippen molar-refractivity contribution in [3.63, 3.8) is 0 Å². The first-order valence-corrected chi connectivity index (χ1v) is 24.8. The van der Waals surface area contributed by atoms with Gasteiger partial charge in [-0.05, 0) is 64.2 Å². The highest BCUT2D eigenvalue weighted by Gasteiger charge is 2.62. The fourth-order valence-electron chi connectivity index (χ4n) is 12.0. The third kappa shape index (κ3) is 11.3. The van der Waals surface area contributed by atoms with Crippen molar-refractivity contribution < 1.29 is 76.8 Å². The summed E-state index contributed by atoms with van der Waals surface area (Å²) >= 11 is 0. The van der Waals surface area contributed by atoms with Crippen molar-refractivity contribution in [2.45, 2.75) is 264 Å². The van der Waals surface area contributed by atoms with Crippen molar-refractivity contribution in [2.24, 2.45) is 0 Å². The van der Waals surface area contributed by atoms with Crippen LogP contribution < -0.4 is 0 Å². The molecule has 0 amide bonds. The molecule has 0 aromatic carbocycles. The van der Waals surface area contributed by atoms with Crippen LogP contribution in [0.25, 0.3) is 0 Å². The van der Waals surface area contributed by atoms with E-state index in [9.17, 15) is 10.2 Å². The number of hydrogen-bond donors (Lipinski definition) is 2. The summed E-state index contributed by atoms with van der Waals surface area (Å²) in [5.41, 5.74) is 0. The highest BCUT2D eigenvalue weighted by molar-refractivity contribution is 5.20. The smallest absolute Gasteiger partial charge is 0.373 e. The molecular formula is C48H74O16. The number of hydrogen-bond acceptors (Lipinski definition) is 16. The van der Waals surface area contributed by atoms with Gasteiger partial charge >= 0.3 is 12.3 Å². The molecule has 4 aliphatic carbocycles. The SMILES string of the molecule is CC/C=C/[C@@H]1O[C@@H]([C@H]2COC3(CCCCC3)O2)[C@H]2OC3(CCCCC3)O[C@H]2[C@H]1O.CCCC[C@@H]1O[C@@H]([C@H]2COC3(CCCCC3)O2)[C@H]2OC3(CCCCC3)O[C@H]2[C@H]1O.O=C=O.O=C=O. The van der Waals surface area contributed by atoms with Crippen LogP contribution in [0.3, 0.4) is 0 Å². The molecule has 6 saturated heterocycles. The van der Waals surface area contributed by atoms with E-state index in [4.69, 9.17) is 66.5 Å². The molecule has 2 N–H and O–H groups in total. The molecule has 0 aromatic rings. The number of fused-ring (bicyclic) bond motifs is 2. The molecule has 0 bridgehead atoms. The molecule has 16 nitrogen and oxygen atoms in total. The van der Waals surface area contributed by atoms with Crippen molar-refractivity contribution in [2.75, 3.05) is 13.2 Å². The minimum atomic E-state index is -0.730. The van der Waals surface area contributed by atoms with E-state index in [0.717, 1.165) is 128 Å². The van der Waals surface area contributed by atoms with E-state index < -0.39 is 41.5 Å². The van der Waals surface area contributed by atoms with E-state index in [-0.39, 0.29) is 67.2 Å². The standard InChI is InChI=1S/C23H38O6.C23H36O6.2CO2/c2*1-2-3-10-16-18(24)20-21(29-23(28-20)13-8-5-9-14-23)19(26-16)17-15-25-22(27-17)11-6-4-7-12-22;2*2-1-3/h16-21,24H,2-15H2,1H3;3,10,16-21,24H,2,4-9,11-15H2,1H3;;/b;10-3+;;/t2*16-,17+,18-,19-,20-,21+;;/m00../s1. The van der Waals surface area contributed by atoms with Crippen LogP contribution in [0.4, 0.5) is 0 Å². The molecule has 64 heavy (non-hydrogen) atoms. The van der Waals surface area contributed by atoms with Crippen molar-refractivity contribution in [1.29, 1.82) is 0 Å². The fourth-order valence-corrected chi connectivity index (χ4v) is 12.0. The Balaban J connectivity index is 0.000000171. The second-order valence-electron chi connectivity index (χ2n) is 19.5. The molecule has 10 fully saturated rings. The first-order valence-electron chi connectivity index (χ1n) is 24.8. The molecule has 6 heterocycles. The Kier molecular flexibility index (Phi) is 17.8. The van der Waals surface area contributed by atoms with Gasteiger partial charge in [0, 0.05) is 51.4 Å². The topological polar surface area (TPSA) is 201 Å². The zero-order valence-electron chi connectivity index (χ0n) is 38.1. The molecule has 0 unspecified atom stereocenters. The van der Waals surface area contributed by atoms with Crippen LogP contribution in [0.1, 0.15) is 168 Å². The van der Waals surface area contributed by atoms with Gasteiger partial charge in [0.05, 0.1) is 19.3 Å². The maximum atomic E-state index is 11.1. The minimum absolute atomic E-state index is 0.153. The van der Waals surface area contributed by atoms with Crippen LogP contribution in [0.5, 0.6) is 0 Å². The summed E-state index contributed by atoms with van der Waals surface area (Å²) in [5.74, 6) is -1.99. The van der Waals surface area contributed by atoms with Gasteiger partial charge < -0.3 is 57.6 Å². The zero-order valence-corrected chi connectivity index (χ0v) is 38.1. The Bertz CT molecular complexity index is 1530. The van der Waals surface area contributed by atoms with Gasteiger partial charge in [0.2, 0.25) is 0 Å². The van der Waals surface area contributed by atoms with Gasteiger partial charge in [-0.2, -0.15) is 19.2 Å². The molecule has 0 aromatic heterocycles. The lowest BCUT2D eigenvalue weighted by atomic mass is 9.90. The predicted octanol–water partition coefficient (Wildman–Crippen LogP) is 6.26. The average Bonchev–Trinajstić information content (AvgIpc) is 4.10. The monoisotopic (exact) mass is 906 g/mol. The summed E-state index contributed by atoms with van der Waals surface area (Å²) in [6.07, 6.45) is 25.6. The maximum Gasteiger partial charge on any atom is 0.373 e. The first kappa shape index (κ1) is 49.9. The first-order chi connectivity index (χ1) is 31.1. The summed E-state index contributed by atoms with van der Waals surface area (Å²) in [6.45, 7) is 5.31. The number of carbonyl (C=O) groups excluding carboxylic acids is 4.